The molecular formula is C23H38N4O2. The van der Waals surface area contributed by atoms with Crippen molar-refractivity contribution in [2.45, 2.75) is 46.3 Å². The average Bonchev–Trinajstić information content (AvgIpc) is 3.14. The normalized spacial score (nSPS) is 21.4. The molecule has 2 heterocycles. The molecule has 0 amide bonds. The highest BCUT2D eigenvalue weighted by atomic mass is 16.5. The summed E-state index contributed by atoms with van der Waals surface area (Å²) in [6, 6.07) is 8.23. The van der Waals surface area contributed by atoms with E-state index in [4.69, 9.17) is 14.5 Å². The molecule has 1 N–H and O–H groups in total. The molecular weight excluding hydrogens is 364 g/mol. The predicted octanol–water partition coefficient (Wildman–Crippen LogP) is 2.98. The topological polar surface area (TPSA) is 49.3 Å². The SMILES string of the molecule is CCNC(=NCc1ccccc1OC(C)(C)C)N1CCC(CN2CCOCC2)C1. The van der Waals surface area contributed by atoms with Crippen LogP contribution in [0.1, 0.15) is 39.7 Å². The van der Waals surface area contributed by atoms with Crippen LogP contribution in [0.25, 0.3) is 0 Å². The highest BCUT2D eigenvalue weighted by molar-refractivity contribution is 5.80. The minimum Gasteiger partial charge on any atom is -0.488 e. The molecule has 2 fully saturated rings. The van der Waals surface area contributed by atoms with Crippen molar-refractivity contribution in [3.8, 4) is 5.75 Å². The van der Waals surface area contributed by atoms with Gasteiger partial charge in [-0.3, -0.25) is 4.90 Å². The van der Waals surface area contributed by atoms with Crippen molar-refractivity contribution in [3.63, 3.8) is 0 Å². The van der Waals surface area contributed by atoms with Gasteiger partial charge in [-0.1, -0.05) is 18.2 Å². The van der Waals surface area contributed by atoms with Gasteiger partial charge in [0.2, 0.25) is 0 Å². The maximum absolute atomic E-state index is 6.13. The van der Waals surface area contributed by atoms with E-state index in [-0.39, 0.29) is 5.60 Å². The summed E-state index contributed by atoms with van der Waals surface area (Å²) in [4.78, 5) is 9.92. The molecule has 0 radical (unpaired) electrons. The van der Waals surface area contributed by atoms with Crippen molar-refractivity contribution in [1.29, 1.82) is 0 Å². The van der Waals surface area contributed by atoms with E-state index in [2.05, 4.69) is 54.9 Å². The number of guanidine groups is 1. The van der Waals surface area contributed by atoms with Gasteiger partial charge in [0.05, 0.1) is 19.8 Å². The number of aliphatic imine (C=N–C) groups is 1. The van der Waals surface area contributed by atoms with Crippen LogP contribution in [0, 0.1) is 5.92 Å². The molecule has 2 saturated heterocycles. The van der Waals surface area contributed by atoms with Crippen LogP contribution in [0.4, 0.5) is 0 Å². The highest BCUT2D eigenvalue weighted by Crippen LogP contribution is 2.24. The molecule has 0 bridgehead atoms. The predicted molar refractivity (Wildman–Crippen MR) is 119 cm³/mol. The first-order valence-corrected chi connectivity index (χ1v) is 11.0. The number of morpholine rings is 1. The van der Waals surface area contributed by atoms with Crippen LogP contribution in [-0.2, 0) is 11.3 Å². The van der Waals surface area contributed by atoms with E-state index in [0.29, 0.717) is 12.5 Å². The Morgan fingerprint density at radius 1 is 1.21 bits per heavy atom. The standard InChI is InChI=1S/C23H38N4O2/c1-5-24-22(25-16-20-8-6-7-9-21(20)29-23(2,3)4)27-11-10-19(18-27)17-26-12-14-28-15-13-26/h6-9,19H,5,10-18H2,1-4H3,(H,24,25). The van der Waals surface area contributed by atoms with Gasteiger partial charge in [-0.15, -0.1) is 0 Å². The maximum atomic E-state index is 6.13. The molecule has 1 aromatic carbocycles. The number of para-hydroxylation sites is 1. The summed E-state index contributed by atoms with van der Waals surface area (Å²) in [7, 11) is 0. The Morgan fingerprint density at radius 3 is 2.69 bits per heavy atom. The fourth-order valence-corrected chi connectivity index (χ4v) is 3.97. The Kier molecular flexibility index (Phi) is 7.78. The van der Waals surface area contributed by atoms with Gasteiger partial charge in [-0.05, 0) is 46.1 Å². The van der Waals surface area contributed by atoms with Crippen LogP contribution in [-0.4, -0.2) is 73.8 Å². The smallest absolute Gasteiger partial charge is 0.194 e. The second-order valence-electron chi connectivity index (χ2n) is 9.01. The molecule has 3 rings (SSSR count). The fraction of sp³-hybridized carbons (Fsp3) is 0.696. The molecule has 0 spiro atoms. The van der Waals surface area contributed by atoms with Crippen LogP contribution in [0.5, 0.6) is 5.75 Å². The van der Waals surface area contributed by atoms with E-state index in [1.165, 1.54) is 13.0 Å². The quantitative estimate of drug-likeness (QED) is 0.586. The van der Waals surface area contributed by atoms with Crippen molar-refractivity contribution < 1.29 is 9.47 Å². The average molecular weight is 403 g/mol. The van der Waals surface area contributed by atoms with E-state index in [9.17, 15) is 0 Å². The molecule has 1 aromatic rings. The van der Waals surface area contributed by atoms with Gasteiger partial charge in [0.1, 0.15) is 11.4 Å². The Labute approximate surface area is 176 Å². The number of rotatable bonds is 6. The van der Waals surface area contributed by atoms with Crippen molar-refractivity contribution in [1.82, 2.24) is 15.1 Å². The Balaban J connectivity index is 1.62. The lowest BCUT2D eigenvalue weighted by molar-refractivity contribution is 0.0315. The second kappa shape index (κ2) is 10.3. The van der Waals surface area contributed by atoms with Crippen molar-refractivity contribution in [3.05, 3.63) is 29.8 Å². The first-order chi connectivity index (χ1) is 13.9. The lowest BCUT2D eigenvalue weighted by atomic mass is 10.1. The van der Waals surface area contributed by atoms with E-state index >= 15 is 0 Å². The fourth-order valence-electron chi connectivity index (χ4n) is 3.97. The molecule has 1 atom stereocenters. The molecule has 1 unspecified atom stereocenters. The number of ether oxygens (including phenoxy) is 2. The first-order valence-electron chi connectivity index (χ1n) is 11.0. The molecule has 6 heteroatoms. The van der Waals surface area contributed by atoms with Crippen LogP contribution in [0.2, 0.25) is 0 Å². The third-order valence-electron chi connectivity index (χ3n) is 5.33. The van der Waals surface area contributed by atoms with Gasteiger partial charge in [-0.2, -0.15) is 0 Å². The number of benzene rings is 1. The summed E-state index contributed by atoms with van der Waals surface area (Å²) in [5.41, 5.74) is 0.910. The lowest BCUT2D eigenvalue weighted by Crippen LogP contribution is -2.42. The summed E-state index contributed by atoms with van der Waals surface area (Å²) < 4.78 is 11.6. The molecule has 2 aliphatic heterocycles. The Morgan fingerprint density at radius 2 is 1.97 bits per heavy atom. The molecule has 29 heavy (non-hydrogen) atoms. The Bertz CT molecular complexity index is 665. The largest absolute Gasteiger partial charge is 0.488 e. The summed E-state index contributed by atoms with van der Waals surface area (Å²) in [6.07, 6.45) is 1.23. The van der Waals surface area contributed by atoms with E-state index < -0.39 is 0 Å². The number of hydrogen-bond donors (Lipinski definition) is 1. The van der Waals surface area contributed by atoms with Gasteiger partial charge in [-0.25, -0.2) is 4.99 Å². The zero-order valence-corrected chi connectivity index (χ0v) is 18.6. The van der Waals surface area contributed by atoms with Crippen LogP contribution >= 0.6 is 0 Å². The third kappa shape index (κ3) is 6.89. The highest BCUT2D eigenvalue weighted by Gasteiger charge is 2.27. The van der Waals surface area contributed by atoms with Crippen LogP contribution < -0.4 is 10.1 Å². The summed E-state index contributed by atoms with van der Waals surface area (Å²) in [5, 5.41) is 3.49. The third-order valence-corrected chi connectivity index (χ3v) is 5.33. The minimum absolute atomic E-state index is 0.216. The van der Waals surface area contributed by atoms with Gasteiger partial charge in [0.15, 0.2) is 5.96 Å². The molecule has 0 aromatic heterocycles. The monoisotopic (exact) mass is 402 g/mol. The van der Waals surface area contributed by atoms with Gasteiger partial charge in [0, 0.05) is 44.8 Å². The summed E-state index contributed by atoms with van der Waals surface area (Å²) in [6.45, 7) is 17.1. The molecule has 2 aliphatic rings. The molecule has 162 valence electrons. The van der Waals surface area contributed by atoms with Gasteiger partial charge in [0.25, 0.3) is 0 Å². The molecule has 6 nitrogen and oxygen atoms in total. The zero-order chi connectivity index (χ0) is 20.7. The first kappa shape index (κ1) is 21.9. The van der Waals surface area contributed by atoms with Crippen LogP contribution in [0.15, 0.2) is 29.3 Å². The number of nitrogens with one attached hydrogen (secondary N) is 1. The second-order valence-corrected chi connectivity index (χ2v) is 9.01. The number of likely N-dealkylation sites (tertiary alicyclic amines) is 1. The zero-order valence-electron chi connectivity index (χ0n) is 18.6. The summed E-state index contributed by atoms with van der Waals surface area (Å²) >= 11 is 0. The van der Waals surface area contributed by atoms with Crippen molar-refractivity contribution in [2.24, 2.45) is 10.9 Å². The van der Waals surface area contributed by atoms with Gasteiger partial charge >= 0.3 is 0 Å². The summed E-state index contributed by atoms with van der Waals surface area (Å²) in [5.74, 6) is 2.64. The maximum Gasteiger partial charge on any atom is 0.194 e. The molecule has 0 saturated carbocycles. The van der Waals surface area contributed by atoms with E-state index in [1.807, 2.05) is 12.1 Å². The number of hydrogen-bond acceptors (Lipinski definition) is 4. The van der Waals surface area contributed by atoms with Crippen molar-refractivity contribution >= 4 is 5.96 Å². The molecule has 0 aliphatic carbocycles. The lowest BCUT2D eigenvalue weighted by Gasteiger charge is -2.29. The Hall–Kier alpha value is -1.79. The minimum atomic E-state index is -0.216. The van der Waals surface area contributed by atoms with Gasteiger partial charge < -0.3 is 19.7 Å². The number of nitrogens with zero attached hydrogens (tertiary/aromatic N) is 3. The van der Waals surface area contributed by atoms with Crippen molar-refractivity contribution in [2.75, 3.05) is 52.5 Å². The van der Waals surface area contributed by atoms with E-state index in [1.54, 1.807) is 0 Å². The van der Waals surface area contributed by atoms with Crippen LogP contribution in [0.3, 0.4) is 0 Å². The van der Waals surface area contributed by atoms with E-state index in [0.717, 1.165) is 63.2 Å².